The lowest BCUT2D eigenvalue weighted by Crippen LogP contribution is -2.33. The fourth-order valence-corrected chi connectivity index (χ4v) is 1.74. The van der Waals surface area contributed by atoms with Crippen molar-refractivity contribution in [3.63, 3.8) is 0 Å². The third kappa shape index (κ3) is 1.55. The number of nitrogens with zero attached hydrogens (tertiary/aromatic N) is 1. The summed E-state index contributed by atoms with van der Waals surface area (Å²) >= 11 is 0. The van der Waals surface area contributed by atoms with Crippen molar-refractivity contribution in [1.29, 1.82) is 0 Å². The molecule has 1 aliphatic heterocycles. The zero-order valence-corrected chi connectivity index (χ0v) is 8.03. The zero-order valence-electron chi connectivity index (χ0n) is 8.03. The molecule has 0 amide bonds. The van der Waals surface area contributed by atoms with Crippen LogP contribution in [0.3, 0.4) is 0 Å². The number of aromatic nitrogens is 1. The van der Waals surface area contributed by atoms with E-state index in [0.717, 1.165) is 31.3 Å². The highest BCUT2D eigenvalue weighted by molar-refractivity contribution is 5.11. The van der Waals surface area contributed by atoms with Crippen molar-refractivity contribution >= 4 is 0 Å². The van der Waals surface area contributed by atoms with E-state index in [1.807, 2.05) is 0 Å². The minimum atomic E-state index is 0.0104. The maximum Gasteiger partial charge on any atom is 0.224 e. The number of morpholine rings is 1. The van der Waals surface area contributed by atoms with Crippen molar-refractivity contribution in [2.45, 2.75) is 24.9 Å². The highest BCUT2D eigenvalue weighted by atomic mass is 16.5. The van der Waals surface area contributed by atoms with E-state index >= 15 is 0 Å². The topological polar surface area (TPSA) is 47.3 Å². The Kier molecular flexibility index (Phi) is 2.03. The molecule has 0 aromatic carbocycles. The van der Waals surface area contributed by atoms with Gasteiger partial charge in [-0.1, -0.05) is 0 Å². The maximum absolute atomic E-state index is 5.56. The van der Waals surface area contributed by atoms with Gasteiger partial charge >= 0.3 is 0 Å². The van der Waals surface area contributed by atoms with Crippen LogP contribution in [0, 0.1) is 0 Å². The first-order valence-electron chi connectivity index (χ1n) is 5.21. The van der Waals surface area contributed by atoms with Crippen molar-refractivity contribution in [2.24, 2.45) is 0 Å². The molecule has 1 saturated heterocycles. The molecule has 1 unspecified atom stereocenters. The average molecular weight is 194 g/mol. The normalized spacial score (nSPS) is 27.9. The fraction of sp³-hybridized carbons (Fsp3) is 0.700. The lowest BCUT2D eigenvalue weighted by Gasteiger charge is -2.20. The quantitative estimate of drug-likeness (QED) is 0.768. The molecule has 1 N–H and O–H groups in total. The highest BCUT2D eigenvalue weighted by Crippen LogP contribution is 2.39. The van der Waals surface area contributed by atoms with Crippen LogP contribution in [0.5, 0.6) is 0 Å². The highest BCUT2D eigenvalue weighted by Gasteiger charge is 2.29. The predicted molar refractivity (Wildman–Crippen MR) is 50.0 cm³/mol. The summed E-state index contributed by atoms with van der Waals surface area (Å²) in [6, 6.07) is 0. The number of rotatable bonds is 2. The number of hydrogen-bond acceptors (Lipinski definition) is 4. The molecule has 76 valence electrons. The largest absolute Gasteiger partial charge is 0.446 e. The Balaban J connectivity index is 1.74. The van der Waals surface area contributed by atoms with E-state index in [0.29, 0.717) is 5.92 Å². The van der Waals surface area contributed by atoms with Gasteiger partial charge in [0.05, 0.1) is 12.3 Å². The molecular formula is C10H14N2O2. The van der Waals surface area contributed by atoms with Crippen LogP contribution in [0.1, 0.15) is 36.4 Å². The predicted octanol–water partition coefficient (Wildman–Crippen LogP) is 1.21. The Morgan fingerprint density at radius 2 is 2.36 bits per heavy atom. The molecule has 1 aromatic rings. The fourth-order valence-electron chi connectivity index (χ4n) is 1.74. The number of hydrogen-bond donors (Lipinski definition) is 1. The van der Waals surface area contributed by atoms with E-state index in [4.69, 9.17) is 9.15 Å². The van der Waals surface area contributed by atoms with Crippen LogP contribution in [0.4, 0.5) is 0 Å². The summed E-state index contributed by atoms with van der Waals surface area (Å²) in [5.41, 5.74) is 1.11. The van der Waals surface area contributed by atoms with Gasteiger partial charge in [-0.3, -0.25) is 0 Å². The second-order valence-corrected chi connectivity index (χ2v) is 3.95. The molecule has 4 heteroatoms. The smallest absolute Gasteiger partial charge is 0.224 e. The first-order valence-corrected chi connectivity index (χ1v) is 5.21. The Hall–Kier alpha value is -0.870. The molecule has 1 aromatic heterocycles. The van der Waals surface area contributed by atoms with Crippen molar-refractivity contribution in [2.75, 3.05) is 19.7 Å². The van der Waals surface area contributed by atoms with E-state index in [1.54, 1.807) is 6.26 Å². The summed E-state index contributed by atoms with van der Waals surface area (Å²) in [5, 5.41) is 3.26. The number of ether oxygens (including phenoxy) is 1. The third-order valence-corrected chi connectivity index (χ3v) is 2.74. The summed E-state index contributed by atoms with van der Waals surface area (Å²) in [5.74, 6) is 1.39. The SMILES string of the molecule is c1oc(C2CNCCO2)nc1C1CC1. The molecule has 1 saturated carbocycles. The molecule has 1 aliphatic carbocycles. The summed E-state index contributed by atoms with van der Waals surface area (Å²) < 4.78 is 11.0. The second-order valence-electron chi connectivity index (χ2n) is 3.95. The van der Waals surface area contributed by atoms with E-state index < -0.39 is 0 Å². The number of nitrogens with one attached hydrogen (secondary N) is 1. The molecule has 2 aliphatic rings. The molecule has 3 rings (SSSR count). The van der Waals surface area contributed by atoms with E-state index in [1.165, 1.54) is 12.8 Å². The van der Waals surface area contributed by atoms with Gasteiger partial charge in [0.1, 0.15) is 12.4 Å². The Morgan fingerprint density at radius 1 is 1.43 bits per heavy atom. The van der Waals surface area contributed by atoms with Gasteiger partial charge in [0, 0.05) is 19.0 Å². The van der Waals surface area contributed by atoms with Crippen LogP contribution in [0.25, 0.3) is 0 Å². The van der Waals surface area contributed by atoms with Crippen molar-refractivity contribution in [1.82, 2.24) is 10.3 Å². The summed E-state index contributed by atoms with van der Waals surface area (Å²) in [6.45, 7) is 2.48. The van der Waals surface area contributed by atoms with Crippen molar-refractivity contribution in [3.05, 3.63) is 17.8 Å². The van der Waals surface area contributed by atoms with Gasteiger partial charge in [-0.2, -0.15) is 0 Å². The van der Waals surface area contributed by atoms with Crippen molar-refractivity contribution < 1.29 is 9.15 Å². The lowest BCUT2D eigenvalue weighted by molar-refractivity contribution is 0.0108. The van der Waals surface area contributed by atoms with Gasteiger partial charge in [0.15, 0.2) is 0 Å². The molecule has 14 heavy (non-hydrogen) atoms. The van der Waals surface area contributed by atoms with Gasteiger partial charge in [-0.15, -0.1) is 0 Å². The molecule has 2 heterocycles. The van der Waals surface area contributed by atoms with Gasteiger partial charge in [-0.25, -0.2) is 4.98 Å². The standard InChI is InChI=1S/C10H14N2O2/c1-2-7(1)8-6-14-10(12-8)9-5-11-3-4-13-9/h6-7,9,11H,1-5H2. The lowest BCUT2D eigenvalue weighted by atomic mass is 10.3. The molecule has 2 fully saturated rings. The van der Waals surface area contributed by atoms with E-state index in [9.17, 15) is 0 Å². The van der Waals surface area contributed by atoms with Gasteiger partial charge in [0.2, 0.25) is 5.89 Å². The first kappa shape index (κ1) is 8.44. The van der Waals surface area contributed by atoms with E-state index in [2.05, 4.69) is 10.3 Å². The number of oxazole rings is 1. The Bertz CT molecular complexity index is 314. The van der Waals surface area contributed by atoms with Crippen LogP contribution < -0.4 is 5.32 Å². The second kappa shape index (κ2) is 3.37. The zero-order chi connectivity index (χ0) is 9.38. The van der Waals surface area contributed by atoms with E-state index in [-0.39, 0.29) is 6.10 Å². The monoisotopic (exact) mass is 194 g/mol. The maximum atomic E-state index is 5.56. The molecule has 0 spiro atoms. The van der Waals surface area contributed by atoms with Crippen LogP contribution in [0.2, 0.25) is 0 Å². The van der Waals surface area contributed by atoms with Gasteiger partial charge < -0.3 is 14.5 Å². The summed E-state index contributed by atoms with van der Waals surface area (Å²) in [7, 11) is 0. The average Bonchev–Trinajstić information content (AvgIpc) is 2.98. The minimum Gasteiger partial charge on any atom is -0.446 e. The van der Waals surface area contributed by atoms with Crippen molar-refractivity contribution in [3.8, 4) is 0 Å². The first-order chi connectivity index (χ1) is 6.93. The third-order valence-electron chi connectivity index (χ3n) is 2.74. The van der Waals surface area contributed by atoms with Crippen LogP contribution >= 0.6 is 0 Å². The minimum absolute atomic E-state index is 0.0104. The van der Waals surface area contributed by atoms with Crippen LogP contribution in [-0.4, -0.2) is 24.7 Å². The molecule has 0 bridgehead atoms. The molecule has 4 nitrogen and oxygen atoms in total. The summed E-state index contributed by atoms with van der Waals surface area (Å²) in [4.78, 5) is 4.46. The Morgan fingerprint density at radius 3 is 3.07 bits per heavy atom. The van der Waals surface area contributed by atoms with Crippen LogP contribution in [-0.2, 0) is 4.74 Å². The van der Waals surface area contributed by atoms with Gasteiger partial charge in [0.25, 0.3) is 0 Å². The molecule has 0 radical (unpaired) electrons. The van der Waals surface area contributed by atoms with Gasteiger partial charge in [-0.05, 0) is 12.8 Å². The molecule has 1 atom stereocenters. The molecular weight excluding hydrogens is 180 g/mol. The summed E-state index contributed by atoms with van der Waals surface area (Å²) in [6.07, 6.45) is 4.31. The van der Waals surface area contributed by atoms with Crippen LogP contribution in [0.15, 0.2) is 10.7 Å². The Labute approximate surface area is 82.7 Å².